The first-order chi connectivity index (χ1) is 11.0. The molecule has 1 heterocycles. The van der Waals surface area contributed by atoms with Crippen LogP contribution in [0.15, 0.2) is 28.7 Å². The molecular weight excluding hydrogens is 296 g/mol. The number of furan rings is 1. The summed E-state index contributed by atoms with van der Waals surface area (Å²) in [5.41, 5.74) is 7.07. The minimum atomic E-state index is -0.202. The average molecular weight is 314 g/mol. The van der Waals surface area contributed by atoms with Gasteiger partial charge in [0.15, 0.2) is 11.5 Å². The van der Waals surface area contributed by atoms with E-state index in [1.54, 1.807) is 38.1 Å². The van der Waals surface area contributed by atoms with E-state index in [1.807, 2.05) is 0 Å². The van der Waals surface area contributed by atoms with Crippen LogP contribution in [0.4, 0.5) is 0 Å². The highest BCUT2D eigenvalue weighted by molar-refractivity contribution is 6.27. The first-order valence-corrected chi connectivity index (χ1v) is 7.18. The molecule has 120 valence electrons. The molecule has 0 saturated heterocycles. The van der Waals surface area contributed by atoms with Gasteiger partial charge in [0.05, 0.1) is 5.56 Å². The van der Waals surface area contributed by atoms with Gasteiger partial charge in [-0.2, -0.15) is 0 Å². The monoisotopic (exact) mass is 314 g/mol. The number of rotatable bonds is 3. The second kappa shape index (κ2) is 7.02. The molecule has 6 heteroatoms. The van der Waals surface area contributed by atoms with Crippen LogP contribution < -0.4 is 11.1 Å². The number of hydrogen-bond acceptors (Lipinski definition) is 5. The van der Waals surface area contributed by atoms with Crippen molar-refractivity contribution in [1.82, 2.24) is 5.32 Å². The maximum Gasteiger partial charge on any atom is 0.229 e. The molecule has 0 atom stereocenters. The van der Waals surface area contributed by atoms with Crippen LogP contribution in [0.5, 0.6) is 0 Å². The predicted octanol–water partition coefficient (Wildman–Crippen LogP) is 1.36. The molecule has 3 N–H and O–H groups in total. The molecule has 0 spiro atoms. The SMILES string of the molecule is Cc1oc2c(c1C)C(=O)c1ccccc1C2=O.NCCNC=O. The van der Waals surface area contributed by atoms with Crippen molar-refractivity contribution < 1.29 is 18.8 Å². The molecule has 1 aromatic carbocycles. The molecule has 0 fully saturated rings. The second-order valence-corrected chi connectivity index (χ2v) is 5.05. The number of nitrogens with two attached hydrogens (primary N) is 1. The van der Waals surface area contributed by atoms with Gasteiger partial charge in [-0.05, 0) is 13.8 Å². The molecule has 1 aliphatic rings. The number of carbonyl (C=O) groups excluding carboxylic acids is 3. The summed E-state index contributed by atoms with van der Waals surface area (Å²) in [7, 11) is 0. The van der Waals surface area contributed by atoms with E-state index >= 15 is 0 Å². The van der Waals surface area contributed by atoms with Crippen molar-refractivity contribution in [3.8, 4) is 0 Å². The minimum Gasteiger partial charge on any atom is -0.457 e. The molecule has 23 heavy (non-hydrogen) atoms. The van der Waals surface area contributed by atoms with E-state index < -0.39 is 0 Å². The van der Waals surface area contributed by atoms with Gasteiger partial charge < -0.3 is 15.5 Å². The maximum atomic E-state index is 12.3. The zero-order chi connectivity index (χ0) is 17.0. The summed E-state index contributed by atoms with van der Waals surface area (Å²) in [6.45, 7) is 4.65. The Morgan fingerprint density at radius 3 is 2.26 bits per heavy atom. The zero-order valence-corrected chi connectivity index (χ0v) is 13.0. The van der Waals surface area contributed by atoms with Gasteiger partial charge in [-0.1, -0.05) is 24.3 Å². The van der Waals surface area contributed by atoms with Crippen molar-refractivity contribution >= 4 is 18.0 Å². The van der Waals surface area contributed by atoms with Gasteiger partial charge >= 0.3 is 0 Å². The molecular formula is C17H18N2O4. The van der Waals surface area contributed by atoms with Crippen molar-refractivity contribution in [2.45, 2.75) is 13.8 Å². The van der Waals surface area contributed by atoms with Gasteiger partial charge in [0, 0.05) is 29.8 Å². The molecule has 2 aromatic rings. The molecule has 0 aliphatic heterocycles. The van der Waals surface area contributed by atoms with Gasteiger partial charge in [-0.25, -0.2) is 0 Å². The van der Waals surface area contributed by atoms with E-state index in [1.165, 1.54) is 0 Å². The Morgan fingerprint density at radius 1 is 1.13 bits per heavy atom. The number of nitrogens with one attached hydrogen (secondary N) is 1. The fourth-order valence-electron chi connectivity index (χ4n) is 2.34. The van der Waals surface area contributed by atoms with Crippen molar-refractivity contribution in [3.05, 3.63) is 58.0 Å². The van der Waals surface area contributed by atoms with Crippen LogP contribution in [0.2, 0.25) is 0 Å². The number of fused-ring (bicyclic) bond motifs is 2. The van der Waals surface area contributed by atoms with Gasteiger partial charge in [0.1, 0.15) is 5.76 Å². The Labute approximate surface area is 133 Å². The molecule has 3 rings (SSSR count). The number of hydrogen-bond donors (Lipinski definition) is 2. The molecule has 0 bridgehead atoms. The zero-order valence-electron chi connectivity index (χ0n) is 13.0. The number of carbonyl (C=O) groups is 3. The molecule has 6 nitrogen and oxygen atoms in total. The lowest BCUT2D eigenvalue weighted by molar-refractivity contribution is -0.109. The van der Waals surface area contributed by atoms with Gasteiger partial charge in [0.2, 0.25) is 12.2 Å². The first kappa shape index (κ1) is 16.6. The van der Waals surface area contributed by atoms with Gasteiger partial charge in [-0.15, -0.1) is 0 Å². The minimum absolute atomic E-state index is 0.121. The van der Waals surface area contributed by atoms with Gasteiger partial charge in [0.25, 0.3) is 0 Å². The number of amides is 1. The van der Waals surface area contributed by atoms with Gasteiger partial charge in [-0.3, -0.25) is 14.4 Å². The van der Waals surface area contributed by atoms with Crippen molar-refractivity contribution in [1.29, 1.82) is 0 Å². The second-order valence-electron chi connectivity index (χ2n) is 5.05. The maximum absolute atomic E-state index is 12.3. The highest BCUT2D eigenvalue weighted by Crippen LogP contribution is 2.32. The average Bonchev–Trinajstić information content (AvgIpc) is 2.87. The Balaban J connectivity index is 0.000000277. The topological polar surface area (TPSA) is 102 Å². The quantitative estimate of drug-likeness (QED) is 0.561. The highest BCUT2D eigenvalue weighted by Gasteiger charge is 2.34. The van der Waals surface area contributed by atoms with E-state index in [0.717, 1.165) is 5.56 Å². The lowest BCUT2D eigenvalue weighted by atomic mass is 9.87. The normalized spacial score (nSPS) is 12.0. The van der Waals surface area contributed by atoms with E-state index in [-0.39, 0.29) is 17.3 Å². The van der Waals surface area contributed by atoms with Crippen LogP contribution >= 0.6 is 0 Å². The summed E-state index contributed by atoms with van der Waals surface area (Å²) >= 11 is 0. The summed E-state index contributed by atoms with van der Waals surface area (Å²) < 4.78 is 5.41. The molecule has 0 radical (unpaired) electrons. The van der Waals surface area contributed by atoms with Crippen molar-refractivity contribution in [3.63, 3.8) is 0 Å². The van der Waals surface area contributed by atoms with E-state index in [0.29, 0.717) is 42.0 Å². The summed E-state index contributed by atoms with van der Waals surface area (Å²) in [4.78, 5) is 33.8. The smallest absolute Gasteiger partial charge is 0.229 e. The van der Waals surface area contributed by atoms with E-state index in [4.69, 9.17) is 10.2 Å². The lowest BCUT2D eigenvalue weighted by Gasteiger charge is -2.12. The van der Waals surface area contributed by atoms with Crippen LogP contribution in [-0.2, 0) is 4.79 Å². The highest BCUT2D eigenvalue weighted by atomic mass is 16.3. The number of benzene rings is 1. The van der Waals surface area contributed by atoms with Crippen LogP contribution in [0.25, 0.3) is 0 Å². The standard InChI is InChI=1S/C14H10O3.C3H8N2O/c1-7-8(2)17-14-11(7)12(15)9-5-3-4-6-10(9)13(14)16;4-1-2-5-3-6/h3-6H,1-2H3;3H,1-2,4H2,(H,5,6). The van der Waals surface area contributed by atoms with E-state index in [2.05, 4.69) is 5.32 Å². The predicted molar refractivity (Wildman–Crippen MR) is 84.6 cm³/mol. The Morgan fingerprint density at radius 2 is 1.74 bits per heavy atom. The third kappa shape index (κ3) is 3.07. The van der Waals surface area contributed by atoms with E-state index in [9.17, 15) is 14.4 Å². The Bertz CT molecular complexity index is 762. The molecule has 1 amide bonds. The van der Waals surface area contributed by atoms with Crippen LogP contribution in [0.1, 0.15) is 43.4 Å². The fourth-order valence-corrected chi connectivity index (χ4v) is 2.34. The Kier molecular flexibility index (Phi) is 5.08. The summed E-state index contributed by atoms with van der Waals surface area (Å²) in [5, 5.41) is 2.39. The number of aryl methyl sites for hydroxylation is 1. The summed E-state index contributed by atoms with van der Waals surface area (Å²) in [5.74, 6) is 0.490. The van der Waals surface area contributed by atoms with Crippen LogP contribution in [-0.4, -0.2) is 31.1 Å². The molecule has 0 saturated carbocycles. The third-order valence-electron chi connectivity index (χ3n) is 3.61. The molecule has 1 aliphatic carbocycles. The molecule has 1 aromatic heterocycles. The summed E-state index contributed by atoms with van der Waals surface area (Å²) in [6, 6.07) is 6.85. The largest absolute Gasteiger partial charge is 0.457 e. The van der Waals surface area contributed by atoms with Crippen LogP contribution in [0.3, 0.4) is 0 Å². The fraction of sp³-hybridized carbons (Fsp3) is 0.235. The summed E-state index contributed by atoms with van der Waals surface area (Å²) in [6.07, 6.45) is 0.632. The Hall–Kier alpha value is -2.73. The van der Waals surface area contributed by atoms with Crippen LogP contribution in [0, 0.1) is 13.8 Å². The van der Waals surface area contributed by atoms with Crippen molar-refractivity contribution in [2.75, 3.05) is 13.1 Å². The molecule has 0 unspecified atom stereocenters. The first-order valence-electron chi connectivity index (χ1n) is 7.18. The number of ketones is 2. The van der Waals surface area contributed by atoms with Crippen molar-refractivity contribution in [2.24, 2.45) is 5.73 Å². The third-order valence-corrected chi connectivity index (χ3v) is 3.61. The lowest BCUT2D eigenvalue weighted by Crippen LogP contribution is -2.20.